The van der Waals surface area contributed by atoms with Crippen LogP contribution in [0.4, 0.5) is 22.0 Å². The molecule has 0 bridgehead atoms. The highest BCUT2D eigenvalue weighted by Gasteiger charge is 2.38. The smallest absolute Gasteiger partial charge is 0.422 e. The number of ether oxygens (including phenoxy) is 1. The average Bonchev–Trinajstić information content (AvgIpc) is 2.77. The Bertz CT molecular complexity index is 834. The fourth-order valence-electron chi connectivity index (χ4n) is 4.89. The summed E-state index contributed by atoms with van der Waals surface area (Å²) in [5, 5.41) is 0. The van der Waals surface area contributed by atoms with Gasteiger partial charge >= 0.3 is 6.18 Å². The second-order valence-corrected chi connectivity index (χ2v) is 9.24. The summed E-state index contributed by atoms with van der Waals surface area (Å²) in [6, 6.07) is 10.5. The van der Waals surface area contributed by atoms with Crippen molar-refractivity contribution in [3.8, 4) is 5.75 Å². The Balaban J connectivity index is 1.64. The molecule has 2 aromatic carbocycles. The molecule has 6 heteroatoms. The van der Waals surface area contributed by atoms with Gasteiger partial charge in [0, 0.05) is 12.1 Å². The molecule has 1 aliphatic carbocycles. The van der Waals surface area contributed by atoms with Gasteiger partial charge < -0.3 is 4.74 Å². The third-order valence-electron chi connectivity index (χ3n) is 6.77. The predicted molar refractivity (Wildman–Crippen MR) is 120 cm³/mol. The van der Waals surface area contributed by atoms with Crippen LogP contribution in [0.3, 0.4) is 0 Å². The van der Waals surface area contributed by atoms with Gasteiger partial charge in [-0.3, -0.25) is 0 Å². The minimum absolute atomic E-state index is 0.230. The van der Waals surface area contributed by atoms with Crippen LogP contribution in [0.2, 0.25) is 0 Å². The lowest BCUT2D eigenvalue weighted by Gasteiger charge is -2.30. The van der Waals surface area contributed by atoms with E-state index >= 15 is 0 Å². The van der Waals surface area contributed by atoms with Crippen molar-refractivity contribution in [1.29, 1.82) is 0 Å². The minimum Gasteiger partial charge on any atom is -0.486 e. The molecule has 1 aliphatic rings. The van der Waals surface area contributed by atoms with E-state index in [4.69, 9.17) is 4.74 Å². The van der Waals surface area contributed by atoms with Crippen molar-refractivity contribution < 1.29 is 26.7 Å². The first-order chi connectivity index (χ1) is 15.8. The van der Waals surface area contributed by atoms with Gasteiger partial charge in [-0.2, -0.15) is 13.2 Å². The number of benzene rings is 2. The number of hydrogen-bond acceptors (Lipinski definition) is 1. The van der Waals surface area contributed by atoms with E-state index in [1.54, 1.807) is 0 Å². The van der Waals surface area contributed by atoms with Gasteiger partial charge in [-0.25, -0.2) is 8.78 Å². The molecule has 0 saturated heterocycles. The quantitative estimate of drug-likeness (QED) is 0.249. The number of alkyl halides is 3. The van der Waals surface area contributed by atoms with Crippen LogP contribution >= 0.6 is 0 Å². The molecule has 2 aromatic rings. The maximum absolute atomic E-state index is 14.0. The van der Waals surface area contributed by atoms with Crippen molar-refractivity contribution in [3.63, 3.8) is 0 Å². The highest BCUT2D eigenvalue weighted by atomic mass is 19.4. The topological polar surface area (TPSA) is 9.23 Å². The molecular formula is C27H33F5O. The molecule has 3 rings (SSSR count). The largest absolute Gasteiger partial charge is 0.486 e. The monoisotopic (exact) mass is 468 g/mol. The van der Waals surface area contributed by atoms with Gasteiger partial charge in [0.05, 0.1) is 0 Å². The molecule has 0 radical (unpaired) electrons. The summed E-state index contributed by atoms with van der Waals surface area (Å²) in [5.74, 6) is -2.17. The van der Waals surface area contributed by atoms with Crippen molar-refractivity contribution in [2.45, 2.75) is 83.4 Å². The molecule has 0 aliphatic heterocycles. The maximum atomic E-state index is 14.0. The zero-order chi connectivity index (χ0) is 23.8. The fraction of sp³-hybridized carbons (Fsp3) is 0.556. The molecule has 0 aromatic heterocycles. The third kappa shape index (κ3) is 7.44. The van der Waals surface area contributed by atoms with Crippen LogP contribution in [0.25, 0.3) is 0 Å². The van der Waals surface area contributed by atoms with Gasteiger partial charge in [0.25, 0.3) is 0 Å². The standard InChI is InChI=1S/C27H33F5O/c1-2-3-5-8-19-11-13-20(14-12-19)15-16-25(21-9-6-4-7-10-21)33-22-17-23(28)26(24(29)18-22)27(30,31)32/h4,6-7,9-10,17-20,25H,2-3,5,8,11-16H2,1H3/t19-,20-,25?. The summed E-state index contributed by atoms with van der Waals surface area (Å²) < 4.78 is 72.6. The van der Waals surface area contributed by atoms with E-state index in [9.17, 15) is 22.0 Å². The Morgan fingerprint density at radius 2 is 1.45 bits per heavy atom. The maximum Gasteiger partial charge on any atom is 0.422 e. The van der Waals surface area contributed by atoms with Crippen LogP contribution in [-0.4, -0.2) is 0 Å². The number of halogens is 5. The Morgan fingerprint density at radius 3 is 2.00 bits per heavy atom. The zero-order valence-corrected chi connectivity index (χ0v) is 19.1. The Hall–Kier alpha value is -2.11. The summed E-state index contributed by atoms with van der Waals surface area (Å²) in [5.41, 5.74) is -1.05. The lowest BCUT2D eigenvalue weighted by atomic mass is 9.77. The molecule has 1 unspecified atom stereocenters. The lowest BCUT2D eigenvalue weighted by molar-refractivity contribution is -0.142. The van der Waals surface area contributed by atoms with E-state index in [2.05, 4.69) is 6.92 Å². The van der Waals surface area contributed by atoms with Gasteiger partial charge in [0.2, 0.25) is 0 Å². The molecule has 1 atom stereocenters. The second-order valence-electron chi connectivity index (χ2n) is 9.24. The Labute approximate surface area is 193 Å². The predicted octanol–water partition coefficient (Wildman–Crippen LogP) is 9.27. The van der Waals surface area contributed by atoms with Crippen LogP contribution in [0.1, 0.15) is 88.4 Å². The first-order valence-electron chi connectivity index (χ1n) is 12.1. The first kappa shape index (κ1) is 25.5. The van der Waals surface area contributed by atoms with Crippen LogP contribution in [0.5, 0.6) is 5.75 Å². The van der Waals surface area contributed by atoms with E-state index in [1.807, 2.05) is 30.3 Å². The summed E-state index contributed by atoms with van der Waals surface area (Å²) in [6.07, 6.45) is 5.92. The lowest BCUT2D eigenvalue weighted by Crippen LogP contribution is -2.17. The van der Waals surface area contributed by atoms with Gasteiger partial charge in [-0.15, -0.1) is 0 Å². The molecule has 0 N–H and O–H groups in total. The fourth-order valence-corrected chi connectivity index (χ4v) is 4.89. The van der Waals surface area contributed by atoms with Gasteiger partial charge in [0.15, 0.2) is 0 Å². The van der Waals surface area contributed by atoms with Crippen molar-refractivity contribution in [3.05, 3.63) is 65.2 Å². The molecule has 0 heterocycles. The summed E-state index contributed by atoms with van der Waals surface area (Å²) in [4.78, 5) is 0. The number of rotatable bonds is 10. The van der Waals surface area contributed by atoms with Crippen molar-refractivity contribution in [2.24, 2.45) is 11.8 Å². The van der Waals surface area contributed by atoms with Crippen LogP contribution in [0, 0.1) is 23.5 Å². The molecule has 0 amide bonds. The van der Waals surface area contributed by atoms with Crippen molar-refractivity contribution in [1.82, 2.24) is 0 Å². The Morgan fingerprint density at radius 1 is 0.879 bits per heavy atom. The third-order valence-corrected chi connectivity index (χ3v) is 6.77. The number of unbranched alkanes of at least 4 members (excludes halogenated alkanes) is 2. The summed E-state index contributed by atoms with van der Waals surface area (Å²) in [7, 11) is 0. The number of hydrogen-bond donors (Lipinski definition) is 0. The van der Waals surface area contributed by atoms with E-state index < -0.39 is 29.5 Å². The highest BCUT2D eigenvalue weighted by molar-refractivity contribution is 5.33. The molecule has 0 spiro atoms. The molecule has 1 fully saturated rings. The van der Waals surface area contributed by atoms with Crippen LogP contribution in [0.15, 0.2) is 42.5 Å². The van der Waals surface area contributed by atoms with Crippen molar-refractivity contribution >= 4 is 0 Å². The molecular weight excluding hydrogens is 435 g/mol. The van der Waals surface area contributed by atoms with Crippen LogP contribution < -0.4 is 4.74 Å². The first-order valence-corrected chi connectivity index (χ1v) is 12.1. The average molecular weight is 469 g/mol. The van der Waals surface area contributed by atoms with Gasteiger partial charge in [-0.1, -0.05) is 88.6 Å². The Kier molecular flexibility index (Phi) is 9.16. The summed E-state index contributed by atoms with van der Waals surface area (Å²) in [6.45, 7) is 2.22. The zero-order valence-electron chi connectivity index (χ0n) is 19.1. The van der Waals surface area contributed by atoms with E-state index in [-0.39, 0.29) is 5.75 Å². The van der Waals surface area contributed by atoms with Gasteiger partial charge in [-0.05, 0) is 30.2 Å². The normalized spacial score (nSPS) is 19.9. The minimum atomic E-state index is -5.10. The summed E-state index contributed by atoms with van der Waals surface area (Å²) >= 11 is 0. The molecule has 1 nitrogen and oxygen atoms in total. The molecule has 1 saturated carbocycles. The van der Waals surface area contributed by atoms with E-state index in [0.717, 1.165) is 17.9 Å². The molecule has 33 heavy (non-hydrogen) atoms. The van der Waals surface area contributed by atoms with Gasteiger partial charge in [0.1, 0.15) is 29.1 Å². The van der Waals surface area contributed by atoms with E-state index in [1.165, 1.54) is 51.4 Å². The van der Waals surface area contributed by atoms with Crippen molar-refractivity contribution in [2.75, 3.05) is 0 Å². The molecule has 182 valence electrons. The SMILES string of the molecule is CCCCC[C@H]1CC[C@H](CCC(Oc2cc(F)c(C(F)(F)F)c(F)c2)c2ccccc2)CC1. The highest BCUT2D eigenvalue weighted by Crippen LogP contribution is 2.39. The van der Waals surface area contributed by atoms with E-state index in [0.29, 0.717) is 24.5 Å². The second kappa shape index (κ2) is 11.8. The van der Waals surface area contributed by atoms with Crippen LogP contribution in [-0.2, 0) is 6.18 Å².